The van der Waals surface area contributed by atoms with E-state index >= 15 is 0 Å². The molecule has 33 heavy (non-hydrogen) atoms. The quantitative estimate of drug-likeness (QED) is 0.394. The van der Waals surface area contributed by atoms with E-state index < -0.39 is 9.84 Å². The van der Waals surface area contributed by atoms with Crippen molar-refractivity contribution in [1.82, 2.24) is 20.2 Å². The van der Waals surface area contributed by atoms with Gasteiger partial charge in [-0.05, 0) is 56.3 Å². The molecular weight excluding hydrogens is 440 g/mol. The van der Waals surface area contributed by atoms with Gasteiger partial charge in [0.2, 0.25) is 5.95 Å². The third kappa shape index (κ3) is 4.47. The van der Waals surface area contributed by atoms with Crippen LogP contribution >= 0.6 is 0 Å². The smallest absolute Gasteiger partial charge is 0.229 e. The van der Waals surface area contributed by atoms with Crippen molar-refractivity contribution in [3.8, 4) is 5.75 Å². The number of nitrogens with one attached hydrogen (secondary N) is 2. The molecule has 172 valence electrons. The lowest BCUT2D eigenvalue weighted by atomic mass is 10.2. The summed E-state index contributed by atoms with van der Waals surface area (Å²) in [5, 5.41) is 11.6. The average molecular weight is 467 g/mol. The van der Waals surface area contributed by atoms with Crippen LogP contribution < -0.4 is 15.0 Å². The Morgan fingerprint density at radius 1 is 1.12 bits per heavy atom. The molecular formula is C23H26N6O3S. The Balaban J connectivity index is 1.68. The third-order valence-corrected chi connectivity index (χ3v) is 7.16. The Morgan fingerprint density at radius 3 is 2.67 bits per heavy atom. The van der Waals surface area contributed by atoms with Gasteiger partial charge in [-0.15, -0.1) is 0 Å². The van der Waals surface area contributed by atoms with E-state index in [1.165, 1.54) is 13.2 Å². The van der Waals surface area contributed by atoms with Crippen LogP contribution in [0.25, 0.3) is 10.9 Å². The molecule has 0 aliphatic rings. The summed E-state index contributed by atoms with van der Waals surface area (Å²) >= 11 is 0. The van der Waals surface area contributed by atoms with Gasteiger partial charge in [0.1, 0.15) is 11.6 Å². The van der Waals surface area contributed by atoms with Crippen LogP contribution in [0.3, 0.4) is 0 Å². The number of benzene rings is 2. The highest BCUT2D eigenvalue weighted by Crippen LogP contribution is 2.31. The van der Waals surface area contributed by atoms with Crippen LogP contribution in [-0.2, 0) is 9.84 Å². The van der Waals surface area contributed by atoms with Crippen molar-refractivity contribution in [2.45, 2.75) is 25.7 Å². The van der Waals surface area contributed by atoms with Gasteiger partial charge in [-0.2, -0.15) is 10.1 Å². The van der Waals surface area contributed by atoms with E-state index in [2.05, 4.69) is 25.5 Å². The Kier molecular flexibility index (Phi) is 6.19. The minimum absolute atomic E-state index is 0.0100. The summed E-state index contributed by atoms with van der Waals surface area (Å²) in [5.74, 6) is 1.52. The number of aromatic nitrogens is 4. The minimum atomic E-state index is -3.37. The fourth-order valence-electron chi connectivity index (χ4n) is 3.60. The van der Waals surface area contributed by atoms with Crippen molar-refractivity contribution in [3.63, 3.8) is 0 Å². The molecule has 0 unspecified atom stereocenters. The van der Waals surface area contributed by atoms with E-state index in [1.54, 1.807) is 25.3 Å². The predicted octanol–water partition coefficient (Wildman–Crippen LogP) is 4.37. The molecule has 0 aliphatic heterocycles. The van der Waals surface area contributed by atoms with E-state index in [9.17, 15) is 8.42 Å². The standard InChI is InChI=1S/C23H26N6O3S/c1-5-29(16-7-9-18-15(3)27-28-19(18)13-16)22-11-12-24-23(26-22)25-20-14-17(33(30,31)6-2)8-10-21(20)32-4/h7-14H,5-6H2,1-4H3,(H,27,28)(H,24,25,26). The van der Waals surface area contributed by atoms with Crippen molar-refractivity contribution in [1.29, 1.82) is 0 Å². The molecule has 0 saturated carbocycles. The van der Waals surface area contributed by atoms with Crippen LogP contribution in [0.15, 0.2) is 53.6 Å². The summed E-state index contributed by atoms with van der Waals surface area (Å²) in [6.07, 6.45) is 1.66. The SMILES string of the molecule is CCN(c1ccc2c(C)[nH]nc2c1)c1ccnc(Nc2cc(S(=O)(=O)CC)ccc2OC)n1. The second kappa shape index (κ2) is 9.07. The Labute approximate surface area is 192 Å². The molecule has 0 bridgehead atoms. The van der Waals surface area contributed by atoms with Gasteiger partial charge in [0, 0.05) is 29.5 Å². The van der Waals surface area contributed by atoms with E-state index in [-0.39, 0.29) is 10.6 Å². The topological polar surface area (TPSA) is 113 Å². The monoisotopic (exact) mass is 466 g/mol. The summed E-state index contributed by atoms with van der Waals surface area (Å²) in [6.45, 7) is 6.32. The fourth-order valence-corrected chi connectivity index (χ4v) is 4.51. The van der Waals surface area contributed by atoms with Gasteiger partial charge in [-0.3, -0.25) is 5.10 Å². The van der Waals surface area contributed by atoms with Crippen LogP contribution in [0.4, 0.5) is 23.1 Å². The number of fused-ring (bicyclic) bond motifs is 1. The number of ether oxygens (including phenoxy) is 1. The number of aryl methyl sites for hydroxylation is 1. The molecule has 0 atom stereocenters. The van der Waals surface area contributed by atoms with Crippen LogP contribution in [-0.4, -0.2) is 48.0 Å². The van der Waals surface area contributed by atoms with Gasteiger partial charge in [-0.25, -0.2) is 13.4 Å². The number of anilines is 4. The number of hydrogen-bond donors (Lipinski definition) is 2. The Hall–Kier alpha value is -3.66. The summed E-state index contributed by atoms with van der Waals surface area (Å²) < 4.78 is 30.0. The lowest BCUT2D eigenvalue weighted by Crippen LogP contribution is -2.18. The molecule has 4 rings (SSSR count). The largest absolute Gasteiger partial charge is 0.495 e. The third-order valence-electron chi connectivity index (χ3n) is 5.43. The number of H-pyrrole nitrogens is 1. The second-order valence-electron chi connectivity index (χ2n) is 7.42. The molecule has 2 aromatic heterocycles. The molecule has 9 nitrogen and oxygen atoms in total. The highest BCUT2D eigenvalue weighted by molar-refractivity contribution is 7.91. The first kappa shape index (κ1) is 22.5. The average Bonchev–Trinajstić information content (AvgIpc) is 3.20. The van der Waals surface area contributed by atoms with Gasteiger partial charge in [0.25, 0.3) is 0 Å². The lowest BCUT2D eigenvalue weighted by molar-refractivity contribution is 0.416. The van der Waals surface area contributed by atoms with Gasteiger partial charge in [-0.1, -0.05) is 6.92 Å². The van der Waals surface area contributed by atoms with Crippen LogP contribution in [0.2, 0.25) is 0 Å². The van der Waals surface area contributed by atoms with Gasteiger partial charge < -0.3 is 15.0 Å². The molecule has 2 heterocycles. The first-order valence-corrected chi connectivity index (χ1v) is 12.2. The number of hydrogen-bond acceptors (Lipinski definition) is 8. The number of sulfone groups is 1. The molecule has 0 aliphatic carbocycles. The van der Waals surface area contributed by atoms with Crippen molar-refractivity contribution in [2.24, 2.45) is 0 Å². The fraction of sp³-hybridized carbons (Fsp3) is 0.261. The maximum atomic E-state index is 12.3. The molecule has 0 spiro atoms. The molecule has 0 amide bonds. The van der Waals surface area contributed by atoms with Crippen molar-refractivity contribution >= 4 is 43.9 Å². The zero-order valence-electron chi connectivity index (χ0n) is 19.0. The van der Waals surface area contributed by atoms with Gasteiger partial charge in [0.15, 0.2) is 9.84 Å². The highest BCUT2D eigenvalue weighted by atomic mass is 32.2. The Bertz CT molecular complexity index is 1400. The van der Waals surface area contributed by atoms with Crippen molar-refractivity contribution in [3.05, 3.63) is 54.4 Å². The summed E-state index contributed by atoms with van der Waals surface area (Å²) in [6, 6.07) is 12.6. The van der Waals surface area contributed by atoms with E-state index in [4.69, 9.17) is 4.74 Å². The number of rotatable bonds is 8. The summed E-state index contributed by atoms with van der Waals surface area (Å²) in [5.41, 5.74) is 3.33. The zero-order valence-corrected chi connectivity index (χ0v) is 19.8. The first-order chi connectivity index (χ1) is 15.9. The summed E-state index contributed by atoms with van der Waals surface area (Å²) in [4.78, 5) is 11.2. The van der Waals surface area contributed by atoms with Crippen LogP contribution in [0, 0.1) is 6.92 Å². The maximum absolute atomic E-state index is 12.3. The second-order valence-corrected chi connectivity index (χ2v) is 9.70. The molecule has 4 aromatic rings. The molecule has 2 N–H and O–H groups in total. The number of methoxy groups -OCH3 is 1. The molecule has 0 saturated heterocycles. The highest BCUT2D eigenvalue weighted by Gasteiger charge is 2.16. The minimum Gasteiger partial charge on any atom is -0.495 e. The predicted molar refractivity (Wildman–Crippen MR) is 130 cm³/mol. The zero-order chi connectivity index (χ0) is 23.6. The van der Waals surface area contributed by atoms with E-state index in [0.717, 1.165) is 22.3 Å². The van der Waals surface area contributed by atoms with Crippen molar-refractivity contribution < 1.29 is 13.2 Å². The maximum Gasteiger partial charge on any atom is 0.229 e. The van der Waals surface area contributed by atoms with Gasteiger partial charge in [0.05, 0.1) is 29.0 Å². The first-order valence-electron chi connectivity index (χ1n) is 10.6. The van der Waals surface area contributed by atoms with Crippen LogP contribution in [0.1, 0.15) is 19.5 Å². The molecule has 0 fully saturated rings. The Morgan fingerprint density at radius 2 is 1.94 bits per heavy atom. The molecule has 0 radical (unpaired) electrons. The number of nitrogens with zero attached hydrogens (tertiary/aromatic N) is 4. The summed E-state index contributed by atoms with van der Waals surface area (Å²) in [7, 11) is -1.84. The molecule has 10 heteroatoms. The van der Waals surface area contributed by atoms with E-state index in [1.807, 2.05) is 43.0 Å². The van der Waals surface area contributed by atoms with Gasteiger partial charge >= 0.3 is 0 Å². The van der Waals surface area contributed by atoms with Crippen LogP contribution in [0.5, 0.6) is 5.75 Å². The van der Waals surface area contributed by atoms with Crippen molar-refractivity contribution in [2.75, 3.05) is 29.6 Å². The lowest BCUT2D eigenvalue weighted by Gasteiger charge is -2.22. The normalized spacial score (nSPS) is 11.5. The molecule has 2 aromatic carbocycles. The van der Waals surface area contributed by atoms with E-state index in [0.29, 0.717) is 29.7 Å². The number of aromatic amines is 1.